The zero-order valence-electron chi connectivity index (χ0n) is 15.2. The first-order chi connectivity index (χ1) is 13.1. The molecule has 2 heterocycles. The van der Waals surface area contributed by atoms with Crippen LogP contribution in [0.1, 0.15) is 37.7 Å². The minimum atomic E-state index is -0.341. The largest absolute Gasteiger partial charge is 0.396 e. The van der Waals surface area contributed by atoms with Crippen LogP contribution in [0.5, 0.6) is 0 Å². The maximum atomic E-state index is 12.6. The van der Waals surface area contributed by atoms with Crippen molar-refractivity contribution in [1.29, 1.82) is 0 Å². The Morgan fingerprint density at radius 1 is 1.22 bits per heavy atom. The van der Waals surface area contributed by atoms with E-state index in [2.05, 4.69) is 0 Å². The topological polar surface area (TPSA) is 77.9 Å². The molecule has 3 amide bonds. The molecule has 0 radical (unpaired) electrons. The highest BCUT2D eigenvalue weighted by molar-refractivity contribution is 8.18. The molecule has 3 rings (SSSR count). The SMILES string of the molecule is O=C1S/C(=C/c2ccccc2)C(=O)N1CCC(=O)N1CCCC[C@@H]1CCO. The third kappa shape index (κ3) is 4.78. The van der Waals surface area contributed by atoms with E-state index in [1.54, 1.807) is 11.0 Å². The number of thioether (sulfide) groups is 1. The average Bonchev–Trinajstić information content (AvgIpc) is 2.94. The number of rotatable bonds is 6. The molecule has 7 heteroatoms. The summed E-state index contributed by atoms with van der Waals surface area (Å²) in [5.74, 6) is -0.397. The lowest BCUT2D eigenvalue weighted by Crippen LogP contribution is -2.45. The summed E-state index contributed by atoms with van der Waals surface area (Å²) < 4.78 is 0. The van der Waals surface area contributed by atoms with Crippen LogP contribution in [0.4, 0.5) is 4.79 Å². The van der Waals surface area contributed by atoms with Crippen molar-refractivity contribution < 1.29 is 19.5 Å². The van der Waals surface area contributed by atoms with Gasteiger partial charge < -0.3 is 10.0 Å². The number of piperidine rings is 1. The Labute approximate surface area is 163 Å². The molecule has 27 heavy (non-hydrogen) atoms. The number of carbonyl (C=O) groups excluding carboxylic acids is 3. The number of carbonyl (C=O) groups is 3. The number of likely N-dealkylation sites (tertiary alicyclic amines) is 1. The number of imide groups is 1. The molecule has 6 nitrogen and oxygen atoms in total. The van der Waals surface area contributed by atoms with E-state index >= 15 is 0 Å². The Bertz CT molecular complexity index is 733. The summed E-state index contributed by atoms with van der Waals surface area (Å²) >= 11 is 0.913. The molecule has 0 aromatic heterocycles. The standard InChI is InChI=1S/C20H24N2O4S/c23-13-10-16-8-4-5-11-21(16)18(24)9-12-22-19(25)17(27-20(22)26)14-15-6-2-1-3-7-15/h1-3,6-7,14,16,23H,4-5,8-13H2/b17-14+/t16-/m1/s1. The van der Waals surface area contributed by atoms with E-state index < -0.39 is 0 Å². The number of amides is 3. The molecule has 2 aliphatic heterocycles. The van der Waals surface area contributed by atoms with Gasteiger partial charge in [-0.15, -0.1) is 0 Å². The van der Waals surface area contributed by atoms with Crippen LogP contribution in [0.3, 0.4) is 0 Å². The van der Waals surface area contributed by atoms with E-state index in [4.69, 9.17) is 0 Å². The Kier molecular flexibility index (Phi) is 6.68. The van der Waals surface area contributed by atoms with Gasteiger partial charge in [-0.3, -0.25) is 19.3 Å². The zero-order valence-corrected chi connectivity index (χ0v) is 16.0. The lowest BCUT2D eigenvalue weighted by Gasteiger charge is -2.36. The summed E-state index contributed by atoms with van der Waals surface area (Å²) in [6, 6.07) is 9.43. The molecule has 2 fully saturated rings. The van der Waals surface area contributed by atoms with Gasteiger partial charge >= 0.3 is 0 Å². The van der Waals surface area contributed by atoms with Gasteiger partial charge in [0.25, 0.3) is 11.1 Å². The quantitative estimate of drug-likeness (QED) is 0.758. The Morgan fingerprint density at radius 2 is 2.00 bits per heavy atom. The molecular formula is C20H24N2O4S. The number of benzene rings is 1. The van der Waals surface area contributed by atoms with Crippen molar-refractivity contribution >= 4 is 34.9 Å². The molecule has 0 unspecified atom stereocenters. The summed E-state index contributed by atoms with van der Waals surface area (Å²) in [4.78, 5) is 40.7. The van der Waals surface area contributed by atoms with Gasteiger partial charge in [-0.05, 0) is 49.1 Å². The van der Waals surface area contributed by atoms with Crippen molar-refractivity contribution in [2.75, 3.05) is 19.7 Å². The molecule has 2 aliphatic rings. The molecule has 0 spiro atoms. The van der Waals surface area contributed by atoms with Gasteiger partial charge in [0.1, 0.15) is 0 Å². The van der Waals surface area contributed by atoms with E-state index in [0.29, 0.717) is 17.9 Å². The van der Waals surface area contributed by atoms with Crippen LogP contribution in [0, 0.1) is 0 Å². The van der Waals surface area contributed by atoms with Gasteiger partial charge in [0.15, 0.2) is 0 Å². The smallest absolute Gasteiger partial charge is 0.293 e. The summed E-state index contributed by atoms with van der Waals surface area (Å²) in [5, 5.41) is 8.86. The summed E-state index contributed by atoms with van der Waals surface area (Å²) in [6.07, 6.45) is 5.31. The number of aliphatic hydroxyl groups is 1. The Morgan fingerprint density at radius 3 is 2.74 bits per heavy atom. The average molecular weight is 388 g/mol. The molecule has 0 saturated carbocycles. The second-order valence-corrected chi connectivity index (χ2v) is 7.74. The van der Waals surface area contributed by atoms with Crippen molar-refractivity contribution in [2.45, 2.75) is 38.1 Å². The lowest BCUT2D eigenvalue weighted by atomic mass is 9.99. The van der Waals surface area contributed by atoms with E-state index in [9.17, 15) is 19.5 Å². The highest BCUT2D eigenvalue weighted by atomic mass is 32.2. The van der Waals surface area contributed by atoms with Gasteiger partial charge in [0, 0.05) is 32.2 Å². The predicted molar refractivity (Wildman–Crippen MR) is 105 cm³/mol. The van der Waals surface area contributed by atoms with Crippen LogP contribution in [0.2, 0.25) is 0 Å². The van der Waals surface area contributed by atoms with E-state index in [0.717, 1.165) is 41.5 Å². The lowest BCUT2D eigenvalue weighted by molar-refractivity contribution is -0.135. The fourth-order valence-electron chi connectivity index (χ4n) is 3.52. The van der Waals surface area contributed by atoms with Gasteiger partial charge in [-0.2, -0.15) is 0 Å². The summed E-state index contributed by atoms with van der Waals surface area (Å²) in [5.41, 5.74) is 0.860. The molecule has 1 aromatic rings. The molecule has 144 valence electrons. The van der Waals surface area contributed by atoms with E-state index in [1.807, 2.05) is 30.3 Å². The first-order valence-electron chi connectivity index (χ1n) is 9.31. The third-order valence-electron chi connectivity index (χ3n) is 4.93. The number of hydrogen-bond donors (Lipinski definition) is 1. The minimum absolute atomic E-state index is 0.0563. The molecule has 2 saturated heterocycles. The fraction of sp³-hybridized carbons (Fsp3) is 0.450. The van der Waals surface area contributed by atoms with Crippen molar-refractivity contribution in [2.24, 2.45) is 0 Å². The fourth-order valence-corrected chi connectivity index (χ4v) is 4.39. The monoisotopic (exact) mass is 388 g/mol. The van der Waals surface area contributed by atoms with Crippen LogP contribution in [-0.2, 0) is 9.59 Å². The number of hydrogen-bond acceptors (Lipinski definition) is 5. The summed E-state index contributed by atoms with van der Waals surface area (Å²) in [6.45, 7) is 0.832. The highest BCUT2D eigenvalue weighted by Gasteiger charge is 2.36. The van der Waals surface area contributed by atoms with Gasteiger partial charge in [0.05, 0.1) is 4.91 Å². The van der Waals surface area contributed by atoms with Crippen LogP contribution >= 0.6 is 11.8 Å². The van der Waals surface area contributed by atoms with Crippen molar-refractivity contribution in [3.63, 3.8) is 0 Å². The first kappa shape index (κ1) is 19.6. The van der Waals surface area contributed by atoms with Crippen LogP contribution in [0.15, 0.2) is 35.2 Å². The molecule has 0 bridgehead atoms. The maximum Gasteiger partial charge on any atom is 0.293 e. The number of aliphatic hydroxyl groups excluding tert-OH is 1. The van der Waals surface area contributed by atoms with Crippen LogP contribution in [0.25, 0.3) is 6.08 Å². The van der Waals surface area contributed by atoms with Crippen molar-refractivity contribution in [3.8, 4) is 0 Å². The predicted octanol–water partition coefficient (Wildman–Crippen LogP) is 2.88. The maximum absolute atomic E-state index is 12.6. The second-order valence-electron chi connectivity index (χ2n) is 6.74. The van der Waals surface area contributed by atoms with Gasteiger partial charge in [-0.1, -0.05) is 30.3 Å². The molecular weight excluding hydrogens is 364 g/mol. The van der Waals surface area contributed by atoms with Gasteiger partial charge in [0.2, 0.25) is 5.91 Å². The molecule has 1 N–H and O–H groups in total. The van der Waals surface area contributed by atoms with E-state index in [1.165, 1.54) is 0 Å². The normalized spacial score (nSPS) is 22.0. The Hall–Kier alpha value is -2.12. The summed E-state index contributed by atoms with van der Waals surface area (Å²) in [7, 11) is 0. The first-order valence-corrected chi connectivity index (χ1v) is 10.1. The Balaban J connectivity index is 1.60. The van der Waals surface area contributed by atoms with Crippen LogP contribution in [-0.4, -0.2) is 57.7 Å². The zero-order chi connectivity index (χ0) is 19.2. The van der Waals surface area contributed by atoms with Gasteiger partial charge in [-0.25, -0.2) is 0 Å². The molecule has 0 aliphatic carbocycles. The van der Waals surface area contributed by atoms with Crippen molar-refractivity contribution in [3.05, 3.63) is 40.8 Å². The number of nitrogens with zero attached hydrogens (tertiary/aromatic N) is 2. The van der Waals surface area contributed by atoms with Crippen molar-refractivity contribution in [1.82, 2.24) is 9.80 Å². The second kappa shape index (κ2) is 9.19. The third-order valence-corrected chi connectivity index (χ3v) is 5.84. The minimum Gasteiger partial charge on any atom is -0.396 e. The molecule has 1 atom stereocenters. The highest BCUT2D eigenvalue weighted by Crippen LogP contribution is 2.32. The van der Waals surface area contributed by atoms with Crippen LogP contribution < -0.4 is 0 Å². The van der Waals surface area contributed by atoms with E-state index in [-0.39, 0.29) is 42.7 Å². The molecule has 1 aromatic carbocycles.